The Morgan fingerprint density at radius 3 is 2.81 bits per heavy atom. The first-order valence-electron chi connectivity index (χ1n) is 5.03. The zero-order valence-corrected chi connectivity index (χ0v) is 8.74. The van der Waals surface area contributed by atoms with Crippen molar-refractivity contribution in [2.24, 2.45) is 0 Å². The van der Waals surface area contributed by atoms with E-state index in [1.807, 2.05) is 12.1 Å². The maximum atomic E-state index is 13.1. The highest BCUT2D eigenvalue weighted by molar-refractivity contribution is 5.47. The van der Waals surface area contributed by atoms with Crippen molar-refractivity contribution in [3.05, 3.63) is 53.7 Å². The van der Waals surface area contributed by atoms with Crippen LogP contribution in [0.2, 0.25) is 0 Å². The number of nitrogen functional groups attached to an aromatic ring is 1. The number of nitrogens with one attached hydrogen (secondary N) is 1. The van der Waals surface area contributed by atoms with Crippen molar-refractivity contribution in [3.63, 3.8) is 0 Å². The first kappa shape index (κ1) is 10.7. The monoisotopic (exact) mass is 220 g/mol. The fourth-order valence-corrected chi connectivity index (χ4v) is 1.47. The number of para-hydroxylation sites is 1. The van der Waals surface area contributed by atoms with Crippen molar-refractivity contribution in [1.29, 1.82) is 0 Å². The van der Waals surface area contributed by atoms with Crippen LogP contribution in [-0.4, -0.2) is 0 Å². The molecule has 3 N–H and O–H groups in total. The number of halogens is 1. The standard InChI is InChI=1S/C12H13FN2O/c13-11-5-1-3-9(12(11)14)7-15-8-10-4-2-6-16-10/h1-6,15H,7-8,14H2. The summed E-state index contributed by atoms with van der Waals surface area (Å²) in [6.45, 7) is 1.12. The second-order valence-electron chi connectivity index (χ2n) is 3.50. The predicted molar refractivity (Wildman–Crippen MR) is 60.1 cm³/mol. The summed E-state index contributed by atoms with van der Waals surface area (Å²) in [5.74, 6) is 0.465. The average molecular weight is 220 g/mol. The van der Waals surface area contributed by atoms with Crippen LogP contribution in [0.3, 0.4) is 0 Å². The predicted octanol–water partition coefficient (Wildman–Crippen LogP) is 2.29. The zero-order chi connectivity index (χ0) is 11.4. The molecule has 0 aliphatic rings. The number of furan rings is 1. The maximum absolute atomic E-state index is 13.1. The summed E-state index contributed by atoms with van der Waals surface area (Å²) in [4.78, 5) is 0. The molecular formula is C12H13FN2O. The van der Waals surface area contributed by atoms with Crippen LogP contribution in [0, 0.1) is 5.82 Å². The second kappa shape index (κ2) is 4.81. The van der Waals surface area contributed by atoms with Crippen molar-refractivity contribution in [1.82, 2.24) is 5.32 Å². The summed E-state index contributed by atoms with van der Waals surface area (Å²) in [6, 6.07) is 8.50. The van der Waals surface area contributed by atoms with Gasteiger partial charge in [-0.25, -0.2) is 4.39 Å². The van der Waals surface area contributed by atoms with E-state index in [2.05, 4.69) is 5.32 Å². The Hall–Kier alpha value is -1.81. The molecule has 0 radical (unpaired) electrons. The number of benzene rings is 1. The Morgan fingerprint density at radius 2 is 2.06 bits per heavy atom. The third kappa shape index (κ3) is 2.41. The highest BCUT2D eigenvalue weighted by Crippen LogP contribution is 2.15. The van der Waals surface area contributed by atoms with E-state index in [1.54, 1.807) is 18.4 Å². The van der Waals surface area contributed by atoms with E-state index in [-0.39, 0.29) is 11.5 Å². The molecule has 1 aromatic heterocycles. The normalized spacial score (nSPS) is 10.6. The summed E-state index contributed by atoms with van der Waals surface area (Å²) in [5.41, 5.74) is 6.56. The van der Waals surface area contributed by atoms with E-state index in [0.717, 1.165) is 11.3 Å². The minimum atomic E-state index is -0.378. The minimum absolute atomic E-state index is 0.203. The lowest BCUT2D eigenvalue weighted by Gasteiger charge is -2.06. The Balaban J connectivity index is 1.92. The van der Waals surface area contributed by atoms with Crippen LogP contribution >= 0.6 is 0 Å². The van der Waals surface area contributed by atoms with Gasteiger partial charge in [-0.05, 0) is 23.8 Å². The molecule has 4 heteroatoms. The molecule has 0 aliphatic carbocycles. The van der Waals surface area contributed by atoms with Crippen LogP contribution in [0.1, 0.15) is 11.3 Å². The number of rotatable bonds is 4. The summed E-state index contributed by atoms with van der Waals surface area (Å²) in [6.07, 6.45) is 1.62. The van der Waals surface area contributed by atoms with Crippen molar-refractivity contribution in [3.8, 4) is 0 Å². The highest BCUT2D eigenvalue weighted by atomic mass is 19.1. The lowest BCUT2D eigenvalue weighted by atomic mass is 10.1. The minimum Gasteiger partial charge on any atom is -0.468 e. The molecule has 0 unspecified atom stereocenters. The summed E-state index contributed by atoms with van der Waals surface area (Å²) in [7, 11) is 0. The number of hydrogen-bond donors (Lipinski definition) is 2. The van der Waals surface area contributed by atoms with Gasteiger partial charge in [0.25, 0.3) is 0 Å². The smallest absolute Gasteiger partial charge is 0.146 e. The third-order valence-electron chi connectivity index (χ3n) is 2.34. The van der Waals surface area contributed by atoms with Crippen LogP contribution in [0.25, 0.3) is 0 Å². The fourth-order valence-electron chi connectivity index (χ4n) is 1.47. The van der Waals surface area contributed by atoms with Crippen LogP contribution < -0.4 is 11.1 Å². The van der Waals surface area contributed by atoms with Gasteiger partial charge in [0.2, 0.25) is 0 Å². The Kier molecular flexibility index (Phi) is 3.22. The van der Waals surface area contributed by atoms with E-state index < -0.39 is 0 Å². The van der Waals surface area contributed by atoms with E-state index >= 15 is 0 Å². The molecule has 0 amide bonds. The van der Waals surface area contributed by atoms with Gasteiger partial charge in [0.15, 0.2) is 0 Å². The van der Waals surface area contributed by atoms with Crippen LogP contribution in [-0.2, 0) is 13.1 Å². The Labute approximate surface area is 93.1 Å². The lowest BCUT2D eigenvalue weighted by molar-refractivity contribution is 0.483. The molecule has 0 aliphatic heterocycles. The molecule has 1 aromatic carbocycles. The van der Waals surface area contributed by atoms with E-state index in [0.29, 0.717) is 13.1 Å². The topological polar surface area (TPSA) is 51.2 Å². The highest BCUT2D eigenvalue weighted by Gasteiger charge is 2.03. The average Bonchev–Trinajstić information content (AvgIpc) is 2.77. The molecule has 1 heterocycles. The zero-order valence-electron chi connectivity index (χ0n) is 8.74. The van der Waals surface area contributed by atoms with Crippen molar-refractivity contribution >= 4 is 5.69 Å². The maximum Gasteiger partial charge on any atom is 0.146 e. The quantitative estimate of drug-likeness (QED) is 0.777. The molecule has 2 aromatic rings. The van der Waals surface area contributed by atoms with Crippen LogP contribution in [0.4, 0.5) is 10.1 Å². The molecular weight excluding hydrogens is 207 g/mol. The largest absolute Gasteiger partial charge is 0.468 e. The van der Waals surface area contributed by atoms with Crippen LogP contribution in [0.15, 0.2) is 41.0 Å². The van der Waals surface area contributed by atoms with Crippen molar-refractivity contribution < 1.29 is 8.81 Å². The fraction of sp³-hybridized carbons (Fsp3) is 0.167. The first-order chi connectivity index (χ1) is 7.77. The van der Waals surface area contributed by atoms with Gasteiger partial charge in [-0.1, -0.05) is 12.1 Å². The van der Waals surface area contributed by atoms with E-state index in [9.17, 15) is 4.39 Å². The summed E-state index contributed by atoms with van der Waals surface area (Å²) in [5, 5.41) is 3.13. The van der Waals surface area contributed by atoms with Crippen LogP contribution in [0.5, 0.6) is 0 Å². The SMILES string of the molecule is Nc1c(F)cccc1CNCc1ccco1. The van der Waals surface area contributed by atoms with Gasteiger partial charge in [0.05, 0.1) is 18.5 Å². The summed E-state index contributed by atoms with van der Waals surface area (Å²) < 4.78 is 18.3. The van der Waals surface area contributed by atoms with E-state index in [4.69, 9.17) is 10.2 Å². The van der Waals surface area contributed by atoms with Gasteiger partial charge in [-0.15, -0.1) is 0 Å². The lowest BCUT2D eigenvalue weighted by Crippen LogP contribution is -2.13. The number of nitrogens with two attached hydrogens (primary N) is 1. The molecule has 0 atom stereocenters. The van der Waals surface area contributed by atoms with Gasteiger partial charge in [-0.3, -0.25) is 0 Å². The molecule has 0 spiro atoms. The summed E-state index contributed by atoms with van der Waals surface area (Å²) >= 11 is 0. The Bertz CT molecular complexity index is 454. The molecule has 84 valence electrons. The first-order valence-corrected chi connectivity index (χ1v) is 5.03. The molecule has 0 bridgehead atoms. The molecule has 16 heavy (non-hydrogen) atoms. The van der Waals surface area contributed by atoms with Gasteiger partial charge in [0, 0.05) is 6.54 Å². The molecule has 0 saturated heterocycles. The van der Waals surface area contributed by atoms with E-state index in [1.165, 1.54) is 6.07 Å². The van der Waals surface area contributed by atoms with Gasteiger partial charge < -0.3 is 15.5 Å². The third-order valence-corrected chi connectivity index (χ3v) is 2.34. The number of hydrogen-bond acceptors (Lipinski definition) is 3. The second-order valence-corrected chi connectivity index (χ2v) is 3.50. The number of anilines is 1. The van der Waals surface area contributed by atoms with Crippen molar-refractivity contribution in [2.75, 3.05) is 5.73 Å². The molecule has 2 rings (SSSR count). The van der Waals surface area contributed by atoms with Gasteiger partial charge in [-0.2, -0.15) is 0 Å². The molecule has 0 saturated carbocycles. The molecule has 0 fully saturated rings. The van der Waals surface area contributed by atoms with Gasteiger partial charge >= 0.3 is 0 Å². The van der Waals surface area contributed by atoms with Gasteiger partial charge in [0.1, 0.15) is 11.6 Å². The van der Waals surface area contributed by atoms with Crippen molar-refractivity contribution in [2.45, 2.75) is 13.1 Å². The Morgan fingerprint density at radius 1 is 1.19 bits per heavy atom. The molecule has 3 nitrogen and oxygen atoms in total.